The summed E-state index contributed by atoms with van der Waals surface area (Å²) in [5, 5.41) is 11.5. The number of nitrogens with one attached hydrogen (secondary N) is 2. The molecule has 1 unspecified atom stereocenters. The number of imide groups is 1. The Bertz CT molecular complexity index is 1100. The second-order valence-corrected chi connectivity index (χ2v) is 9.04. The molecule has 4 heterocycles. The van der Waals surface area contributed by atoms with Crippen LogP contribution in [-0.4, -0.2) is 71.8 Å². The molecule has 0 aliphatic carbocycles. The molecule has 9 heteroatoms. The molecule has 2 amide bonds. The molecule has 5 rings (SSSR count). The number of rotatable bonds is 3. The molecule has 1 atom stereocenters. The van der Waals surface area contributed by atoms with E-state index >= 15 is 0 Å². The van der Waals surface area contributed by atoms with Crippen molar-refractivity contribution in [1.82, 2.24) is 25.3 Å². The van der Waals surface area contributed by atoms with Crippen LogP contribution in [0.3, 0.4) is 0 Å². The van der Waals surface area contributed by atoms with Gasteiger partial charge in [0, 0.05) is 62.8 Å². The number of fused-ring (bicyclic) bond motifs is 1. The van der Waals surface area contributed by atoms with Gasteiger partial charge < -0.3 is 10.2 Å². The van der Waals surface area contributed by atoms with E-state index in [1.807, 2.05) is 19.1 Å². The van der Waals surface area contributed by atoms with E-state index in [9.17, 15) is 14.4 Å². The number of piperidine rings is 2. The Morgan fingerprint density at radius 1 is 0.969 bits per heavy atom. The Morgan fingerprint density at radius 3 is 2.44 bits per heavy atom. The number of aryl methyl sites for hydroxylation is 1. The minimum Gasteiger partial charge on any atom is -0.371 e. The molecule has 0 radical (unpaired) electrons. The molecule has 170 valence electrons. The Balaban J connectivity index is 1.40. The van der Waals surface area contributed by atoms with Gasteiger partial charge in [0.05, 0.1) is 11.1 Å². The summed E-state index contributed by atoms with van der Waals surface area (Å²) in [5.41, 5.74) is 1.46. The normalized spacial score (nSPS) is 23.5. The van der Waals surface area contributed by atoms with E-state index in [0.29, 0.717) is 23.5 Å². The van der Waals surface area contributed by atoms with Crippen molar-refractivity contribution in [2.24, 2.45) is 0 Å². The van der Waals surface area contributed by atoms with E-state index in [0.717, 1.165) is 63.2 Å². The highest BCUT2D eigenvalue weighted by atomic mass is 16.2. The second-order valence-electron chi connectivity index (χ2n) is 9.04. The maximum Gasteiger partial charge on any atom is 0.275 e. The zero-order chi connectivity index (χ0) is 22.2. The molecule has 3 aliphatic heterocycles. The number of aromatic nitrogens is 2. The van der Waals surface area contributed by atoms with Gasteiger partial charge in [-0.3, -0.25) is 24.6 Å². The van der Waals surface area contributed by atoms with Gasteiger partial charge in [-0.25, -0.2) is 4.68 Å². The third-order valence-corrected chi connectivity index (χ3v) is 7.09. The first kappa shape index (κ1) is 21.1. The van der Waals surface area contributed by atoms with Crippen LogP contribution < -0.4 is 21.1 Å². The van der Waals surface area contributed by atoms with Gasteiger partial charge in [-0.05, 0) is 38.3 Å². The highest BCUT2D eigenvalue weighted by molar-refractivity contribution is 5.99. The summed E-state index contributed by atoms with van der Waals surface area (Å²) in [6, 6.07) is 5.86. The van der Waals surface area contributed by atoms with E-state index in [4.69, 9.17) is 0 Å². The molecule has 3 fully saturated rings. The average molecular weight is 439 g/mol. The third-order valence-electron chi connectivity index (χ3n) is 7.09. The molecular weight excluding hydrogens is 408 g/mol. The first-order chi connectivity index (χ1) is 15.5. The number of carbonyl (C=O) groups is 2. The third kappa shape index (κ3) is 3.91. The molecule has 0 saturated carbocycles. The number of hydrogen-bond acceptors (Lipinski definition) is 7. The number of anilines is 1. The summed E-state index contributed by atoms with van der Waals surface area (Å²) in [7, 11) is 0. The van der Waals surface area contributed by atoms with E-state index in [2.05, 4.69) is 31.6 Å². The summed E-state index contributed by atoms with van der Waals surface area (Å²) >= 11 is 0. The quantitative estimate of drug-likeness (QED) is 0.676. The number of amides is 2. The van der Waals surface area contributed by atoms with Gasteiger partial charge in [-0.1, -0.05) is 6.07 Å². The number of nitrogens with zero attached hydrogens (tertiary/aromatic N) is 4. The summed E-state index contributed by atoms with van der Waals surface area (Å²) in [4.78, 5) is 42.1. The van der Waals surface area contributed by atoms with Crippen molar-refractivity contribution in [2.75, 3.05) is 44.2 Å². The molecule has 0 spiro atoms. The van der Waals surface area contributed by atoms with Crippen molar-refractivity contribution >= 4 is 28.3 Å². The number of carbonyl (C=O) groups excluding carboxylic acids is 2. The van der Waals surface area contributed by atoms with Gasteiger partial charge in [-0.2, -0.15) is 5.10 Å². The molecule has 32 heavy (non-hydrogen) atoms. The predicted molar refractivity (Wildman–Crippen MR) is 122 cm³/mol. The fraction of sp³-hybridized carbons (Fsp3) is 0.565. The predicted octanol–water partition coefficient (Wildman–Crippen LogP) is 0.557. The zero-order valence-electron chi connectivity index (χ0n) is 18.5. The van der Waals surface area contributed by atoms with Crippen LogP contribution >= 0.6 is 0 Å². The lowest BCUT2D eigenvalue weighted by Gasteiger charge is -2.41. The van der Waals surface area contributed by atoms with Gasteiger partial charge in [0.2, 0.25) is 5.91 Å². The van der Waals surface area contributed by atoms with Crippen molar-refractivity contribution in [2.45, 2.75) is 44.7 Å². The number of benzene rings is 1. The van der Waals surface area contributed by atoms with Crippen molar-refractivity contribution in [3.05, 3.63) is 34.2 Å². The van der Waals surface area contributed by atoms with Crippen LogP contribution in [0.2, 0.25) is 0 Å². The molecule has 9 nitrogen and oxygen atoms in total. The highest BCUT2D eigenvalue weighted by Crippen LogP contribution is 2.27. The summed E-state index contributed by atoms with van der Waals surface area (Å²) in [6.45, 7) is 8.15. The number of piperazine rings is 1. The Hall–Kier alpha value is -2.78. The molecular formula is C23H30N6O3. The Labute approximate surface area is 186 Å². The SMILES string of the molecule is Cc1nn(C2CCC(=O)NC2=O)c(=O)c2cc(N3CCC(N4CCNCC4)CC3)ccc12. The summed E-state index contributed by atoms with van der Waals surface area (Å²) < 4.78 is 1.26. The summed E-state index contributed by atoms with van der Waals surface area (Å²) in [5.74, 6) is -0.760. The summed E-state index contributed by atoms with van der Waals surface area (Å²) in [6.07, 6.45) is 2.74. The molecule has 2 N–H and O–H groups in total. The standard InChI is InChI=1S/C23H30N6O3/c1-15-18-3-2-17(27-10-6-16(7-11-27)28-12-8-24-9-13-28)14-19(18)23(32)29(26-15)20-4-5-21(30)25-22(20)31/h2-3,14,16,20,24H,4-13H2,1H3,(H,25,30,31). The largest absolute Gasteiger partial charge is 0.371 e. The van der Waals surface area contributed by atoms with Gasteiger partial charge in [0.25, 0.3) is 11.5 Å². The van der Waals surface area contributed by atoms with Crippen LogP contribution in [0.5, 0.6) is 0 Å². The van der Waals surface area contributed by atoms with E-state index in [1.54, 1.807) is 0 Å². The van der Waals surface area contributed by atoms with E-state index in [1.165, 1.54) is 4.68 Å². The van der Waals surface area contributed by atoms with Crippen LogP contribution in [0.15, 0.2) is 23.0 Å². The van der Waals surface area contributed by atoms with Gasteiger partial charge >= 0.3 is 0 Å². The lowest BCUT2D eigenvalue weighted by atomic mass is 10.0. The fourth-order valence-corrected chi connectivity index (χ4v) is 5.27. The maximum absolute atomic E-state index is 13.3. The van der Waals surface area contributed by atoms with Crippen molar-refractivity contribution < 1.29 is 9.59 Å². The molecule has 2 aromatic rings. The minimum atomic E-state index is -0.748. The van der Waals surface area contributed by atoms with Crippen molar-refractivity contribution in [1.29, 1.82) is 0 Å². The Morgan fingerprint density at radius 2 is 1.72 bits per heavy atom. The molecule has 0 bridgehead atoms. The van der Waals surface area contributed by atoms with E-state index < -0.39 is 11.9 Å². The lowest BCUT2D eigenvalue weighted by molar-refractivity contribution is -0.136. The monoisotopic (exact) mass is 438 g/mol. The van der Waals surface area contributed by atoms with Crippen molar-refractivity contribution in [3.8, 4) is 0 Å². The molecule has 3 saturated heterocycles. The molecule has 3 aliphatic rings. The van der Waals surface area contributed by atoms with Crippen LogP contribution in [0.1, 0.15) is 37.4 Å². The highest BCUT2D eigenvalue weighted by Gasteiger charge is 2.31. The van der Waals surface area contributed by atoms with Gasteiger partial charge in [-0.15, -0.1) is 0 Å². The van der Waals surface area contributed by atoms with E-state index in [-0.39, 0.29) is 17.9 Å². The maximum atomic E-state index is 13.3. The van der Waals surface area contributed by atoms with Crippen LogP contribution in [0, 0.1) is 6.92 Å². The van der Waals surface area contributed by atoms with Crippen LogP contribution in [-0.2, 0) is 9.59 Å². The smallest absolute Gasteiger partial charge is 0.275 e. The Kier molecular flexibility index (Phi) is 5.69. The van der Waals surface area contributed by atoms with Crippen LogP contribution in [0.4, 0.5) is 5.69 Å². The molecule has 1 aromatic heterocycles. The molecule has 1 aromatic carbocycles. The van der Waals surface area contributed by atoms with Crippen LogP contribution in [0.25, 0.3) is 10.8 Å². The average Bonchev–Trinajstić information content (AvgIpc) is 2.82. The first-order valence-electron chi connectivity index (χ1n) is 11.6. The minimum absolute atomic E-state index is 0.212. The first-order valence-corrected chi connectivity index (χ1v) is 11.6. The number of hydrogen-bond donors (Lipinski definition) is 2. The van der Waals surface area contributed by atoms with Crippen molar-refractivity contribution in [3.63, 3.8) is 0 Å². The van der Waals surface area contributed by atoms with Gasteiger partial charge in [0.1, 0.15) is 6.04 Å². The fourth-order valence-electron chi connectivity index (χ4n) is 5.27. The topological polar surface area (TPSA) is 99.6 Å². The zero-order valence-corrected chi connectivity index (χ0v) is 18.5. The lowest BCUT2D eigenvalue weighted by Crippen LogP contribution is -2.52. The van der Waals surface area contributed by atoms with Gasteiger partial charge in [0.15, 0.2) is 0 Å². The second kappa shape index (κ2) is 8.63.